The highest BCUT2D eigenvalue weighted by Gasteiger charge is 2.44. The summed E-state index contributed by atoms with van der Waals surface area (Å²) in [6.45, 7) is 7.51. The van der Waals surface area contributed by atoms with Gasteiger partial charge in [-0.2, -0.15) is 0 Å². The third kappa shape index (κ3) is 3.10. The molecule has 3 amide bonds. The first kappa shape index (κ1) is 16.4. The Labute approximate surface area is 128 Å². The van der Waals surface area contributed by atoms with Gasteiger partial charge < -0.3 is 5.32 Å². The number of carbonyl (C=O) groups is 2. The van der Waals surface area contributed by atoms with Gasteiger partial charge in [0.25, 0.3) is 5.91 Å². The number of nitrogens with zero attached hydrogens (tertiary/aromatic N) is 1. The van der Waals surface area contributed by atoms with E-state index in [-0.39, 0.29) is 23.8 Å². The minimum absolute atomic E-state index is 0.127. The van der Waals surface area contributed by atoms with Crippen molar-refractivity contribution in [2.24, 2.45) is 5.41 Å². The SMILES string of the molecule is CC(CN1C(=O)N[C@@H](C(C)(C)C)C1=O)c1ccc(F)c(F)c1. The van der Waals surface area contributed by atoms with Gasteiger partial charge in [0.15, 0.2) is 11.6 Å². The summed E-state index contributed by atoms with van der Waals surface area (Å²) in [6, 6.07) is 2.59. The van der Waals surface area contributed by atoms with E-state index >= 15 is 0 Å². The zero-order valence-corrected chi connectivity index (χ0v) is 13.1. The van der Waals surface area contributed by atoms with E-state index in [9.17, 15) is 18.4 Å². The van der Waals surface area contributed by atoms with E-state index in [4.69, 9.17) is 0 Å². The van der Waals surface area contributed by atoms with Crippen LogP contribution in [0.25, 0.3) is 0 Å². The molecule has 1 N–H and O–H groups in total. The van der Waals surface area contributed by atoms with Gasteiger partial charge in [-0.1, -0.05) is 33.8 Å². The summed E-state index contributed by atoms with van der Waals surface area (Å²) in [4.78, 5) is 25.5. The highest BCUT2D eigenvalue weighted by molar-refractivity contribution is 6.04. The van der Waals surface area contributed by atoms with Crippen LogP contribution >= 0.6 is 0 Å². The largest absolute Gasteiger partial charge is 0.325 e. The van der Waals surface area contributed by atoms with Crippen molar-refractivity contribution in [3.05, 3.63) is 35.4 Å². The van der Waals surface area contributed by atoms with Crippen LogP contribution in [0.2, 0.25) is 0 Å². The second-order valence-corrected chi connectivity index (χ2v) is 6.77. The van der Waals surface area contributed by atoms with Crippen LogP contribution < -0.4 is 5.32 Å². The second kappa shape index (κ2) is 5.66. The Kier molecular flexibility index (Phi) is 4.22. The molecule has 1 aromatic carbocycles. The van der Waals surface area contributed by atoms with Gasteiger partial charge in [-0.3, -0.25) is 9.69 Å². The normalized spacial score (nSPS) is 20.3. The number of imide groups is 1. The fourth-order valence-corrected chi connectivity index (χ4v) is 2.48. The lowest BCUT2D eigenvalue weighted by Gasteiger charge is -2.25. The molecule has 2 rings (SSSR count). The fraction of sp³-hybridized carbons (Fsp3) is 0.500. The number of halogens is 2. The number of carbonyl (C=O) groups excluding carboxylic acids is 2. The molecular weight excluding hydrogens is 290 g/mol. The Morgan fingerprint density at radius 1 is 1.23 bits per heavy atom. The van der Waals surface area contributed by atoms with Crippen LogP contribution in [0.15, 0.2) is 18.2 Å². The summed E-state index contributed by atoms with van der Waals surface area (Å²) < 4.78 is 26.3. The number of urea groups is 1. The molecule has 1 aliphatic rings. The topological polar surface area (TPSA) is 49.4 Å². The molecule has 0 radical (unpaired) electrons. The monoisotopic (exact) mass is 310 g/mol. The summed E-state index contributed by atoms with van der Waals surface area (Å²) in [5.74, 6) is -2.43. The number of hydrogen-bond acceptors (Lipinski definition) is 2. The first-order valence-electron chi connectivity index (χ1n) is 7.18. The van der Waals surface area contributed by atoms with Gasteiger partial charge in [0.1, 0.15) is 6.04 Å². The van der Waals surface area contributed by atoms with Crippen molar-refractivity contribution < 1.29 is 18.4 Å². The second-order valence-electron chi connectivity index (χ2n) is 6.77. The lowest BCUT2D eigenvalue weighted by atomic mass is 9.87. The predicted molar refractivity (Wildman–Crippen MR) is 78.3 cm³/mol. The van der Waals surface area contributed by atoms with Gasteiger partial charge in [-0.25, -0.2) is 13.6 Å². The summed E-state index contributed by atoms with van der Waals surface area (Å²) in [6.07, 6.45) is 0. The number of hydrogen-bond donors (Lipinski definition) is 1. The summed E-state index contributed by atoms with van der Waals surface area (Å²) >= 11 is 0. The van der Waals surface area contributed by atoms with Crippen LogP contribution in [0.4, 0.5) is 13.6 Å². The number of benzene rings is 1. The van der Waals surface area contributed by atoms with Crippen molar-refractivity contribution in [2.75, 3.05) is 6.54 Å². The van der Waals surface area contributed by atoms with E-state index < -0.39 is 23.7 Å². The van der Waals surface area contributed by atoms with E-state index in [1.54, 1.807) is 6.92 Å². The van der Waals surface area contributed by atoms with Gasteiger partial charge in [0.2, 0.25) is 0 Å². The van der Waals surface area contributed by atoms with E-state index in [2.05, 4.69) is 5.32 Å². The van der Waals surface area contributed by atoms with Crippen LogP contribution in [0, 0.1) is 17.0 Å². The predicted octanol–water partition coefficient (Wildman–Crippen LogP) is 3.03. The standard InChI is InChI=1S/C16H20F2N2O2/c1-9(10-5-6-11(17)12(18)7-10)8-20-14(21)13(16(2,3)4)19-15(20)22/h5-7,9,13H,8H2,1-4H3,(H,19,22)/t9?,13-/m1/s1. The maximum absolute atomic E-state index is 13.3. The molecule has 0 aliphatic carbocycles. The molecule has 1 aliphatic heterocycles. The van der Waals surface area contributed by atoms with Crippen molar-refractivity contribution in [1.29, 1.82) is 0 Å². The van der Waals surface area contributed by atoms with E-state index in [0.29, 0.717) is 5.56 Å². The molecule has 0 spiro atoms. The molecule has 0 saturated carbocycles. The Morgan fingerprint density at radius 3 is 2.36 bits per heavy atom. The summed E-state index contributed by atoms with van der Waals surface area (Å²) in [7, 11) is 0. The lowest BCUT2D eigenvalue weighted by Crippen LogP contribution is -2.41. The molecule has 6 heteroatoms. The molecular formula is C16H20F2N2O2. The maximum atomic E-state index is 13.3. The summed E-state index contributed by atoms with van der Waals surface area (Å²) in [5, 5.41) is 2.67. The average molecular weight is 310 g/mol. The minimum Gasteiger partial charge on any atom is -0.325 e. The van der Waals surface area contributed by atoms with E-state index in [1.165, 1.54) is 6.07 Å². The van der Waals surface area contributed by atoms with Crippen molar-refractivity contribution in [1.82, 2.24) is 10.2 Å². The molecule has 1 aromatic rings. The first-order valence-corrected chi connectivity index (χ1v) is 7.18. The molecule has 1 fully saturated rings. The van der Waals surface area contributed by atoms with Gasteiger partial charge in [0.05, 0.1) is 0 Å². The molecule has 2 atom stereocenters. The van der Waals surface area contributed by atoms with E-state index in [1.807, 2.05) is 20.8 Å². The third-order valence-corrected chi connectivity index (χ3v) is 3.86. The Morgan fingerprint density at radius 2 is 1.86 bits per heavy atom. The Balaban J connectivity index is 2.14. The van der Waals surface area contributed by atoms with Crippen LogP contribution in [0.5, 0.6) is 0 Å². The average Bonchev–Trinajstić information content (AvgIpc) is 2.69. The van der Waals surface area contributed by atoms with Crippen LogP contribution in [0.3, 0.4) is 0 Å². The van der Waals surface area contributed by atoms with Crippen molar-refractivity contribution in [3.63, 3.8) is 0 Å². The molecule has 0 bridgehead atoms. The first-order chi connectivity index (χ1) is 10.1. The van der Waals surface area contributed by atoms with Gasteiger partial charge in [-0.15, -0.1) is 0 Å². The molecule has 22 heavy (non-hydrogen) atoms. The maximum Gasteiger partial charge on any atom is 0.324 e. The summed E-state index contributed by atoms with van der Waals surface area (Å²) in [5.41, 5.74) is 0.158. The Bertz CT molecular complexity index is 611. The molecule has 4 nitrogen and oxygen atoms in total. The van der Waals surface area contributed by atoms with Crippen LogP contribution in [-0.4, -0.2) is 29.4 Å². The highest BCUT2D eigenvalue weighted by atomic mass is 19.2. The molecule has 0 aromatic heterocycles. The van der Waals surface area contributed by atoms with Crippen molar-refractivity contribution >= 4 is 11.9 Å². The minimum atomic E-state index is -0.936. The number of rotatable bonds is 3. The smallest absolute Gasteiger partial charge is 0.324 e. The molecule has 120 valence electrons. The van der Waals surface area contributed by atoms with Gasteiger partial charge in [-0.05, 0) is 29.0 Å². The van der Waals surface area contributed by atoms with Crippen molar-refractivity contribution in [3.8, 4) is 0 Å². The molecule has 1 saturated heterocycles. The highest BCUT2D eigenvalue weighted by Crippen LogP contribution is 2.27. The number of amides is 3. The number of nitrogens with one attached hydrogen (secondary N) is 1. The zero-order chi connectivity index (χ0) is 16.7. The van der Waals surface area contributed by atoms with Gasteiger partial charge in [0, 0.05) is 6.54 Å². The molecule has 1 unspecified atom stereocenters. The fourth-order valence-electron chi connectivity index (χ4n) is 2.48. The Hall–Kier alpha value is -1.98. The zero-order valence-electron chi connectivity index (χ0n) is 13.1. The quantitative estimate of drug-likeness (QED) is 0.872. The van der Waals surface area contributed by atoms with Crippen LogP contribution in [-0.2, 0) is 4.79 Å². The van der Waals surface area contributed by atoms with Crippen LogP contribution in [0.1, 0.15) is 39.2 Å². The van der Waals surface area contributed by atoms with E-state index in [0.717, 1.165) is 17.0 Å². The third-order valence-electron chi connectivity index (χ3n) is 3.86. The van der Waals surface area contributed by atoms with Gasteiger partial charge >= 0.3 is 6.03 Å². The lowest BCUT2D eigenvalue weighted by molar-refractivity contribution is -0.129. The van der Waals surface area contributed by atoms with Crippen molar-refractivity contribution in [2.45, 2.75) is 39.7 Å². The molecule has 1 heterocycles.